The topological polar surface area (TPSA) is 68.1 Å². The van der Waals surface area contributed by atoms with Crippen molar-refractivity contribution in [3.63, 3.8) is 0 Å². The summed E-state index contributed by atoms with van der Waals surface area (Å²) in [6.45, 7) is 7.10. The van der Waals surface area contributed by atoms with E-state index in [1.54, 1.807) is 22.5 Å². The highest BCUT2D eigenvalue weighted by atomic mass is 32.2. The summed E-state index contributed by atoms with van der Waals surface area (Å²) in [7, 11) is -1.51. The number of nitrogens with zero attached hydrogens (tertiary/aromatic N) is 1. The third kappa shape index (κ3) is 4.89. The van der Waals surface area contributed by atoms with Crippen molar-refractivity contribution in [2.24, 2.45) is 11.8 Å². The Morgan fingerprint density at radius 1 is 1.22 bits per heavy atom. The first kappa shape index (κ1) is 20.3. The summed E-state index contributed by atoms with van der Waals surface area (Å²) in [5.74, 6) is 0.233. The van der Waals surface area contributed by atoms with Crippen LogP contribution in [-0.4, -0.2) is 58.0 Å². The third-order valence-corrected chi connectivity index (χ3v) is 7.35. The Labute approximate surface area is 162 Å². The summed E-state index contributed by atoms with van der Waals surface area (Å²) in [4.78, 5) is 14.1. The van der Waals surface area contributed by atoms with E-state index in [9.17, 15) is 13.2 Å². The Morgan fingerprint density at radius 3 is 2.59 bits per heavy atom. The molecule has 1 N–H and O–H groups in total. The standard InChI is InChI=1S/C20H30N2O4S/c1-15-10-16(2)13-22(12-15)27(24,25)19-8-4-6-17(11-19)20(23)26-18-7-5-9-21(3)14-18/h4,6,8,11,15-16,18H,5,7,9-10,12-14H2,1-3H3/p+1/t15-,16-,18+/m0/s1. The molecule has 4 atom stereocenters. The van der Waals surface area contributed by atoms with Gasteiger partial charge in [-0.15, -0.1) is 0 Å². The van der Waals surface area contributed by atoms with E-state index >= 15 is 0 Å². The maximum atomic E-state index is 13.1. The molecule has 2 aliphatic rings. The van der Waals surface area contributed by atoms with Crippen LogP contribution in [0.2, 0.25) is 0 Å². The van der Waals surface area contributed by atoms with Crippen molar-refractivity contribution in [2.45, 2.75) is 44.1 Å². The number of quaternary nitrogens is 1. The van der Waals surface area contributed by atoms with Gasteiger partial charge in [0.15, 0.2) is 6.10 Å². The van der Waals surface area contributed by atoms with Crippen LogP contribution in [0.1, 0.15) is 43.5 Å². The Hall–Kier alpha value is -1.44. The summed E-state index contributed by atoms with van der Waals surface area (Å²) >= 11 is 0. The fraction of sp³-hybridized carbons (Fsp3) is 0.650. The average Bonchev–Trinajstić information content (AvgIpc) is 2.61. The molecule has 6 nitrogen and oxygen atoms in total. The van der Waals surface area contributed by atoms with Crippen molar-refractivity contribution >= 4 is 16.0 Å². The molecular weight excluding hydrogens is 364 g/mol. The first-order chi connectivity index (χ1) is 12.8. The number of nitrogens with one attached hydrogen (secondary N) is 1. The zero-order chi connectivity index (χ0) is 19.6. The molecule has 0 spiro atoms. The lowest BCUT2D eigenvalue weighted by molar-refractivity contribution is -0.888. The summed E-state index contributed by atoms with van der Waals surface area (Å²) in [6, 6.07) is 6.27. The highest BCUT2D eigenvalue weighted by Crippen LogP contribution is 2.27. The molecule has 0 aromatic heterocycles. The van der Waals surface area contributed by atoms with Crippen LogP contribution in [0.3, 0.4) is 0 Å². The number of ether oxygens (including phenoxy) is 1. The van der Waals surface area contributed by atoms with Gasteiger partial charge in [0.25, 0.3) is 0 Å². The molecule has 2 fully saturated rings. The molecule has 0 radical (unpaired) electrons. The SMILES string of the molecule is C[C@H]1C[C@H](C)CN(S(=O)(=O)c2cccc(C(=O)O[C@@H]3CCC[NH+](C)C3)c2)C1. The van der Waals surface area contributed by atoms with Crippen molar-refractivity contribution in [1.29, 1.82) is 0 Å². The summed E-state index contributed by atoms with van der Waals surface area (Å²) < 4.78 is 33.3. The molecule has 0 bridgehead atoms. The number of rotatable bonds is 4. The van der Waals surface area contributed by atoms with Gasteiger partial charge in [0.2, 0.25) is 10.0 Å². The Kier molecular flexibility index (Phi) is 6.23. The molecule has 1 aromatic rings. The van der Waals surface area contributed by atoms with Crippen LogP contribution in [-0.2, 0) is 14.8 Å². The fourth-order valence-electron chi connectivity index (χ4n) is 4.28. The summed E-state index contributed by atoms with van der Waals surface area (Å²) in [5.41, 5.74) is 0.303. The van der Waals surface area contributed by atoms with E-state index < -0.39 is 16.0 Å². The number of hydrogen-bond donors (Lipinski definition) is 1. The molecule has 0 saturated carbocycles. The highest BCUT2D eigenvalue weighted by Gasteiger charge is 2.32. The number of likely N-dealkylation sites (N-methyl/N-ethyl adjacent to an activating group) is 1. The van der Waals surface area contributed by atoms with Gasteiger partial charge in [-0.3, -0.25) is 0 Å². The van der Waals surface area contributed by atoms with Gasteiger partial charge in [-0.05, 0) is 42.9 Å². The first-order valence-electron chi connectivity index (χ1n) is 9.88. The zero-order valence-electron chi connectivity index (χ0n) is 16.5. The second-order valence-corrected chi connectivity index (χ2v) is 10.3. The van der Waals surface area contributed by atoms with Gasteiger partial charge < -0.3 is 9.64 Å². The minimum Gasteiger partial charge on any atom is -0.453 e. The first-order valence-corrected chi connectivity index (χ1v) is 11.3. The van der Waals surface area contributed by atoms with E-state index in [-0.39, 0.29) is 11.0 Å². The van der Waals surface area contributed by atoms with Crippen LogP contribution in [0, 0.1) is 11.8 Å². The molecule has 2 heterocycles. The smallest absolute Gasteiger partial charge is 0.338 e. The van der Waals surface area contributed by atoms with Gasteiger partial charge in [-0.1, -0.05) is 19.9 Å². The van der Waals surface area contributed by atoms with Crippen LogP contribution >= 0.6 is 0 Å². The maximum absolute atomic E-state index is 13.1. The number of carbonyl (C=O) groups is 1. The molecule has 2 aliphatic heterocycles. The van der Waals surface area contributed by atoms with E-state index in [2.05, 4.69) is 20.9 Å². The Morgan fingerprint density at radius 2 is 1.93 bits per heavy atom. The normalized spacial score (nSPS) is 30.0. The van der Waals surface area contributed by atoms with Crippen LogP contribution in [0.15, 0.2) is 29.2 Å². The number of piperidine rings is 2. The molecule has 3 rings (SSSR count). The van der Waals surface area contributed by atoms with E-state index in [1.807, 2.05) is 0 Å². The number of carbonyl (C=O) groups excluding carboxylic acids is 1. The molecule has 1 aromatic carbocycles. The van der Waals surface area contributed by atoms with Crippen molar-refractivity contribution in [3.8, 4) is 0 Å². The van der Waals surface area contributed by atoms with Gasteiger partial charge in [0.1, 0.15) is 6.54 Å². The lowest BCUT2D eigenvalue weighted by Gasteiger charge is -2.34. The largest absolute Gasteiger partial charge is 0.453 e. The van der Waals surface area contributed by atoms with Gasteiger partial charge in [0.05, 0.1) is 24.1 Å². The molecule has 150 valence electrons. The monoisotopic (exact) mass is 395 g/mol. The van der Waals surface area contributed by atoms with Gasteiger partial charge in [-0.2, -0.15) is 4.31 Å². The maximum Gasteiger partial charge on any atom is 0.338 e. The zero-order valence-corrected chi connectivity index (χ0v) is 17.3. The summed E-state index contributed by atoms with van der Waals surface area (Å²) in [6.07, 6.45) is 2.83. The van der Waals surface area contributed by atoms with Gasteiger partial charge in [-0.25, -0.2) is 13.2 Å². The average molecular weight is 396 g/mol. The van der Waals surface area contributed by atoms with E-state index in [1.165, 1.54) is 11.0 Å². The van der Waals surface area contributed by atoms with Crippen LogP contribution in [0.25, 0.3) is 0 Å². The Balaban J connectivity index is 1.75. The Bertz CT molecular complexity index is 770. The van der Waals surface area contributed by atoms with Crippen molar-refractivity contribution < 1.29 is 22.8 Å². The molecule has 0 aliphatic carbocycles. The van der Waals surface area contributed by atoms with E-state index in [4.69, 9.17) is 4.74 Å². The van der Waals surface area contributed by atoms with Crippen LogP contribution < -0.4 is 4.90 Å². The predicted octanol–water partition coefficient (Wildman–Crippen LogP) is 1.19. The molecule has 0 amide bonds. The van der Waals surface area contributed by atoms with Crippen LogP contribution in [0.5, 0.6) is 0 Å². The van der Waals surface area contributed by atoms with Crippen LogP contribution in [0.4, 0.5) is 0 Å². The number of benzene rings is 1. The molecule has 1 unspecified atom stereocenters. The molecule has 2 saturated heterocycles. The highest BCUT2D eigenvalue weighted by molar-refractivity contribution is 7.89. The quantitative estimate of drug-likeness (QED) is 0.778. The van der Waals surface area contributed by atoms with Crippen molar-refractivity contribution in [3.05, 3.63) is 29.8 Å². The van der Waals surface area contributed by atoms with Crippen molar-refractivity contribution in [2.75, 3.05) is 33.2 Å². The minimum atomic E-state index is -3.60. The molecule has 7 heteroatoms. The summed E-state index contributed by atoms with van der Waals surface area (Å²) in [5, 5.41) is 0. The predicted molar refractivity (Wildman–Crippen MR) is 103 cm³/mol. The number of esters is 1. The molecular formula is C20H31N2O4S+. The number of likely N-dealkylation sites (tertiary alicyclic amines) is 1. The minimum absolute atomic E-state index is 0.102. The van der Waals surface area contributed by atoms with E-state index in [0.29, 0.717) is 30.5 Å². The second kappa shape index (κ2) is 8.29. The molecule has 27 heavy (non-hydrogen) atoms. The number of hydrogen-bond acceptors (Lipinski definition) is 4. The van der Waals surface area contributed by atoms with Gasteiger partial charge in [0, 0.05) is 19.5 Å². The van der Waals surface area contributed by atoms with Crippen molar-refractivity contribution in [1.82, 2.24) is 4.31 Å². The third-order valence-electron chi connectivity index (χ3n) is 5.52. The second-order valence-electron chi connectivity index (χ2n) is 8.38. The fourth-order valence-corrected chi connectivity index (χ4v) is 6.00. The number of sulfonamides is 1. The lowest BCUT2D eigenvalue weighted by atomic mass is 9.94. The lowest BCUT2D eigenvalue weighted by Crippen LogP contribution is -3.11. The van der Waals surface area contributed by atoms with Gasteiger partial charge >= 0.3 is 5.97 Å². The van der Waals surface area contributed by atoms with E-state index in [0.717, 1.165) is 32.4 Å².